The fraction of sp³-hybridized carbons (Fsp3) is 0.379. The molecule has 0 spiro atoms. The van der Waals surface area contributed by atoms with Gasteiger partial charge < -0.3 is 19.5 Å². The number of fused-ring (bicyclic) bond motifs is 1. The van der Waals surface area contributed by atoms with Crippen LogP contribution in [-0.2, 0) is 11.2 Å². The number of Topliss-reactive ketones (excluding diaryl/α,β-unsaturated/α-hetero) is 1. The second-order valence-electron chi connectivity index (χ2n) is 10.3. The Kier molecular flexibility index (Phi) is 6.02. The van der Waals surface area contributed by atoms with Crippen LogP contribution in [0, 0.1) is 5.41 Å². The number of aryl methyl sites for hydroxylation is 1. The van der Waals surface area contributed by atoms with Crippen molar-refractivity contribution in [1.29, 1.82) is 0 Å². The number of hydrogen-bond acceptors (Lipinski definition) is 6. The lowest BCUT2D eigenvalue weighted by molar-refractivity contribution is -0.118. The number of aromatic nitrogens is 2. The molecule has 0 fully saturated rings. The number of nitrogens with zero attached hydrogens (tertiary/aromatic N) is 1. The smallest absolute Gasteiger partial charge is 0.164 e. The Hall–Kier alpha value is -3.74. The average Bonchev–Trinajstić information content (AvgIpc) is 3.29. The fourth-order valence-electron chi connectivity index (χ4n) is 5.51. The van der Waals surface area contributed by atoms with Crippen LogP contribution in [0.15, 0.2) is 47.7 Å². The van der Waals surface area contributed by atoms with Crippen LogP contribution in [0.2, 0.25) is 0 Å². The summed E-state index contributed by atoms with van der Waals surface area (Å²) in [5.41, 5.74) is 6.47. The second kappa shape index (κ2) is 9.04. The van der Waals surface area contributed by atoms with Crippen LogP contribution in [0.25, 0.3) is 11.3 Å². The molecule has 5 rings (SSSR count). The number of ether oxygens (including phenoxy) is 3. The normalized spacial score (nSPS) is 18.3. The number of methoxy groups -OCH3 is 3. The summed E-state index contributed by atoms with van der Waals surface area (Å²) < 4.78 is 17.0. The highest BCUT2D eigenvalue weighted by molar-refractivity contribution is 6.02. The number of rotatable bonds is 6. The van der Waals surface area contributed by atoms with Gasteiger partial charge in [0.25, 0.3) is 0 Å². The van der Waals surface area contributed by atoms with Gasteiger partial charge in [0.2, 0.25) is 0 Å². The van der Waals surface area contributed by atoms with Gasteiger partial charge in [-0.3, -0.25) is 9.89 Å². The van der Waals surface area contributed by atoms with Gasteiger partial charge in [-0.15, -0.1) is 0 Å². The Morgan fingerprint density at radius 2 is 1.64 bits per heavy atom. The van der Waals surface area contributed by atoms with Gasteiger partial charge in [0.15, 0.2) is 23.1 Å². The molecule has 0 saturated carbocycles. The largest absolute Gasteiger partial charge is 0.496 e. The van der Waals surface area contributed by atoms with Crippen molar-refractivity contribution in [2.75, 3.05) is 26.6 Å². The predicted molar refractivity (Wildman–Crippen MR) is 140 cm³/mol. The number of carbonyl (C=O) groups is 1. The molecule has 0 radical (unpaired) electrons. The van der Waals surface area contributed by atoms with Crippen molar-refractivity contribution in [3.8, 4) is 28.5 Å². The minimum atomic E-state index is -0.380. The van der Waals surface area contributed by atoms with E-state index in [-0.39, 0.29) is 17.1 Å². The number of ketones is 1. The molecule has 2 aliphatic rings. The zero-order valence-corrected chi connectivity index (χ0v) is 21.7. The molecule has 0 unspecified atom stereocenters. The summed E-state index contributed by atoms with van der Waals surface area (Å²) >= 11 is 0. The number of benzene rings is 2. The van der Waals surface area contributed by atoms with E-state index in [0.717, 1.165) is 52.3 Å². The molecule has 1 aliphatic heterocycles. The van der Waals surface area contributed by atoms with E-state index in [9.17, 15) is 4.79 Å². The zero-order valence-electron chi connectivity index (χ0n) is 21.7. The van der Waals surface area contributed by atoms with Gasteiger partial charge >= 0.3 is 0 Å². The summed E-state index contributed by atoms with van der Waals surface area (Å²) in [5, 5.41) is 11.4. The van der Waals surface area contributed by atoms with Crippen molar-refractivity contribution < 1.29 is 19.0 Å². The lowest BCUT2D eigenvalue weighted by Gasteiger charge is -2.38. The highest BCUT2D eigenvalue weighted by atomic mass is 16.5. The van der Waals surface area contributed by atoms with Crippen molar-refractivity contribution in [2.45, 2.75) is 46.0 Å². The van der Waals surface area contributed by atoms with Gasteiger partial charge in [-0.05, 0) is 35.4 Å². The molecule has 7 nitrogen and oxygen atoms in total. The maximum atomic E-state index is 13.7. The van der Waals surface area contributed by atoms with Gasteiger partial charge in [0, 0.05) is 40.8 Å². The van der Waals surface area contributed by atoms with E-state index < -0.39 is 0 Å². The summed E-state index contributed by atoms with van der Waals surface area (Å²) in [7, 11) is 4.84. The van der Waals surface area contributed by atoms with Gasteiger partial charge in [0.05, 0.1) is 27.0 Å². The Morgan fingerprint density at radius 3 is 2.28 bits per heavy atom. The summed E-state index contributed by atoms with van der Waals surface area (Å²) in [6.07, 6.45) is 2.20. The standard InChI is InChI=1S/C29H33N3O4/c1-7-16-8-10-17(11-9-16)27-26-24(18-12-22(35-5)23(36-6)13-21(18)34-4)25-19(30-28(26)32-31-27)14-29(2,3)15-20(25)33/h8-13,24H,7,14-15H2,1-6H3,(H2,30,31,32)/t24-/m1/s1. The van der Waals surface area contributed by atoms with Gasteiger partial charge in [-0.2, -0.15) is 5.10 Å². The highest BCUT2D eigenvalue weighted by Gasteiger charge is 2.44. The molecule has 2 aromatic carbocycles. The Labute approximate surface area is 211 Å². The number of carbonyl (C=O) groups excluding carboxylic acids is 1. The van der Waals surface area contributed by atoms with E-state index >= 15 is 0 Å². The van der Waals surface area contributed by atoms with Crippen molar-refractivity contribution in [2.24, 2.45) is 5.41 Å². The summed E-state index contributed by atoms with van der Waals surface area (Å²) in [4.78, 5) is 13.7. The van der Waals surface area contributed by atoms with Crippen molar-refractivity contribution >= 4 is 11.6 Å². The number of H-pyrrole nitrogens is 1. The highest BCUT2D eigenvalue weighted by Crippen LogP contribution is 2.53. The number of aromatic amines is 1. The molecule has 0 bridgehead atoms. The third kappa shape index (κ3) is 3.92. The molecule has 0 amide bonds. The van der Waals surface area contributed by atoms with Gasteiger partial charge in [-0.25, -0.2) is 0 Å². The van der Waals surface area contributed by atoms with Crippen LogP contribution in [0.1, 0.15) is 56.2 Å². The Morgan fingerprint density at radius 1 is 0.972 bits per heavy atom. The lowest BCUT2D eigenvalue weighted by atomic mass is 9.68. The zero-order chi connectivity index (χ0) is 25.6. The molecular formula is C29H33N3O4. The first-order valence-corrected chi connectivity index (χ1v) is 12.3. The number of anilines is 1. The molecule has 3 aromatic rings. The number of allylic oxidation sites excluding steroid dienone is 2. The summed E-state index contributed by atoms with van der Waals surface area (Å²) in [6.45, 7) is 6.40. The van der Waals surface area contributed by atoms with Crippen LogP contribution in [-0.4, -0.2) is 37.3 Å². The molecule has 188 valence electrons. The molecule has 0 saturated heterocycles. The van der Waals surface area contributed by atoms with E-state index in [2.05, 4.69) is 60.6 Å². The van der Waals surface area contributed by atoms with Crippen LogP contribution < -0.4 is 19.5 Å². The Balaban J connectivity index is 1.78. The first kappa shape index (κ1) is 24.0. The molecule has 2 heterocycles. The quantitative estimate of drug-likeness (QED) is 0.453. The maximum Gasteiger partial charge on any atom is 0.164 e. The molecular weight excluding hydrogens is 454 g/mol. The molecule has 7 heteroatoms. The molecule has 2 N–H and O–H groups in total. The van der Waals surface area contributed by atoms with Gasteiger partial charge in [0.1, 0.15) is 5.75 Å². The van der Waals surface area contributed by atoms with Crippen LogP contribution in [0.5, 0.6) is 17.2 Å². The summed E-state index contributed by atoms with van der Waals surface area (Å²) in [5.74, 6) is 2.26. The van der Waals surface area contributed by atoms with Crippen LogP contribution in [0.3, 0.4) is 0 Å². The van der Waals surface area contributed by atoms with Crippen LogP contribution >= 0.6 is 0 Å². The average molecular weight is 488 g/mol. The minimum absolute atomic E-state index is 0.134. The second-order valence-corrected chi connectivity index (χ2v) is 10.3. The lowest BCUT2D eigenvalue weighted by Crippen LogP contribution is -2.33. The van der Waals surface area contributed by atoms with Crippen molar-refractivity contribution in [3.05, 3.63) is 64.4 Å². The monoisotopic (exact) mass is 487 g/mol. The first-order valence-electron chi connectivity index (χ1n) is 12.3. The molecule has 1 aromatic heterocycles. The van der Waals surface area contributed by atoms with E-state index in [1.807, 2.05) is 12.1 Å². The Bertz CT molecular complexity index is 1350. The van der Waals surface area contributed by atoms with Crippen molar-refractivity contribution in [1.82, 2.24) is 10.2 Å². The SMILES string of the molecule is CCc1ccc(-c2[nH]nc3c2[C@H](c2cc(OC)c(OC)cc2OC)C2=C(CC(C)(C)CC2=O)N3)cc1. The predicted octanol–water partition coefficient (Wildman–Crippen LogP) is 5.87. The van der Waals surface area contributed by atoms with E-state index in [0.29, 0.717) is 23.7 Å². The molecule has 1 atom stereocenters. The fourth-order valence-corrected chi connectivity index (χ4v) is 5.51. The molecule has 36 heavy (non-hydrogen) atoms. The van der Waals surface area contributed by atoms with E-state index in [4.69, 9.17) is 14.2 Å². The first-order chi connectivity index (χ1) is 17.3. The number of hydrogen-bond donors (Lipinski definition) is 2. The van der Waals surface area contributed by atoms with Crippen molar-refractivity contribution in [3.63, 3.8) is 0 Å². The van der Waals surface area contributed by atoms with Gasteiger partial charge in [-0.1, -0.05) is 45.0 Å². The topological polar surface area (TPSA) is 85.5 Å². The third-order valence-corrected chi connectivity index (χ3v) is 7.27. The van der Waals surface area contributed by atoms with E-state index in [1.54, 1.807) is 21.3 Å². The van der Waals surface area contributed by atoms with Crippen LogP contribution in [0.4, 0.5) is 5.82 Å². The van der Waals surface area contributed by atoms with E-state index in [1.165, 1.54) is 5.56 Å². The minimum Gasteiger partial charge on any atom is -0.496 e. The summed E-state index contributed by atoms with van der Waals surface area (Å²) in [6, 6.07) is 12.2. The maximum absolute atomic E-state index is 13.7. The molecule has 1 aliphatic carbocycles. The third-order valence-electron chi connectivity index (χ3n) is 7.27. The number of nitrogens with one attached hydrogen (secondary N) is 2.